The molecule has 0 aliphatic carbocycles. The van der Waals surface area contributed by atoms with Gasteiger partial charge in [-0.1, -0.05) is 29.3 Å². The first-order valence-electron chi connectivity index (χ1n) is 5.00. The number of H-pyrrole nitrogens is 1. The molecule has 0 spiro atoms. The Labute approximate surface area is 117 Å². The molecular formula is C10H8Cl2N6O. The van der Waals surface area contributed by atoms with Crippen molar-refractivity contribution in [2.45, 2.75) is 0 Å². The summed E-state index contributed by atoms with van der Waals surface area (Å²) in [6.07, 6.45) is 0. The third-order valence-electron chi connectivity index (χ3n) is 2.13. The van der Waals surface area contributed by atoms with E-state index in [4.69, 9.17) is 34.7 Å². The van der Waals surface area contributed by atoms with Gasteiger partial charge in [-0.05, 0) is 12.1 Å². The van der Waals surface area contributed by atoms with Crippen molar-refractivity contribution in [3.05, 3.63) is 38.6 Å². The van der Waals surface area contributed by atoms with Gasteiger partial charge in [0.1, 0.15) is 5.69 Å². The van der Waals surface area contributed by atoms with Crippen molar-refractivity contribution in [2.24, 2.45) is 10.2 Å². The smallest absolute Gasteiger partial charge is 0.282 e. The fraction of sp³-hybridized carbons (Fsp3) is 0. The van der Waals surface area contributed by atoms with E-state index in [9.17, 15) is 4.79 Å². The van der Waals surface area contributed by atoms with E-state index in [0.29, 0.717) is 10.7 Å². The summed E-state index contributed by atoms with van der Waals surface area (Å²) >= 11 is 11.7. The van der Waals surface area contributed by atoms with Crippen LogP contribution in [0.5, 0.6) is 0 Å². The first-order valence-corrected chi connectivity index (χ1v) is 5.75. The van der Waals surface area contributed by atoms with E-state index >= 15 is 0 Å². The second kappa shape index (κ2) is 5.25. The number of rotatable bonds is 2. The Morgan fingerprint density at radius 1 is 1.21 bits per heavy atom. The highest BCUT2D eigenvalue weighted by molar-refractivity contribution is 6.43. The number of aromatic nitrogens is 2. The summed E-state index contributed by atoms with van der Waals surface area (Å²) in [6, 6.07) is 4.85. The molecule has 98 valence electrons. The van der Waals surface area contributed by atoms with Crippen LogP contribution in [0.4, 0.5) is 23.1 Å². The van der Waals surface area contributed by atoms with Crippen LogP contribution in [0, 0.1) is 0 Å². The molecule has 0 saturated carbocycles. The molecule has 0 amide bonds. The largest absolute Gasteiger partial charge is 0.382 e. The van der Waals surface area contributed by atoms with Gasteiger partial charge in [0.2, 0.25) is 5.95 Å². The molecule has 0 fully saturated rings. The number of hydrogen-bond acceptors (Lipinski definition) is 6. The molecule has 0 atom stereocenters. The van der Waals surface area contributed by atoms with Gasteiger partial charge in [0.25, 0.3) is 5.56 Å². The highest BCUT2D eigenvalue weighted by atomic mass is 35.5. The van der Waals surface area contributed by atoms with Crippen LogP contribution >= 0.6 is 23.2 Å². The van der Waals surface area contributed by atoms with Crippen LogP contribution < -0.4 is 17.0 Å². The third kappa shape index (κ3) is 2.83. The van der Waals surface area contributed by atoms with Crippen molar-refractivity contribution in [1.82, 2.24) is 9.97 Å². The minimum absolute atomic E-state index is 0.0952. The Morgan fingerprint density at radius 2 is 1.95 bits per heavy atom. The Kier molecular flexibility index (Phi) is 3.68. The highest BCUT2D eigenvalue weighted by Crippen LogP contribution is 2.32. The van der Waals surface area contributed by atoms with Crippen molar-refractivity contribution >= 4 is 46.3 Å². The predicted octanol–water partition coefficient (Wildman–Crippen LogP) is 2.66. The second-order valence-electron chi connectivity index (χ2n) is 3.46. The van der Waals surface area contributed by atoms with Crippen molar-refractivity contribution < 1.29 is 0 Å². The molecule has 1 heterocycles. The summed E-state index contributed by atoms with van der Waals surface area (Å²) in [4.78, 5) is 17.5. The zero-order valence-electron chi connectivity index (χ0n) is 9.39. The summed E-state index contributed by atoms with van der Waals surface area (Å²) < 4.78 is 0. The fourth-order valence-corrected chi connectivity index (χ4v) is 1.61. The van der Waals surface area contributed by atoms with Crippen molar-refractivity contribution in [3.8, 4) is 0 Å². The SMILES string of the molecule is Nc1nc(N)c(N=Nc2cccc(Cl)c2Cl)c(=O)[nH]1. The number of nitrogens with two attached hydrogens (primary N) is 2. The van der Waals surface area contributed by atoms with Gasteiger partial charge in [0.15, 0.2) is 11.5 Å². The number of anilines is 2. The first-order chi connectivity index (χ1) is 8.99. The highest BCUT2D eigenvalue weighted by Gasteiger charge is 2.08. The Morgan fingerprint density at radius 3 is 2.63 bits per heavy atom. The van der Waals surface area contributed by atoms with Gasteiger partial charge in [-0.3, -0.25) is 9.78 Å². The van der Waals surface area contributed by atoms with Gasteiger partial charge in [0, 0.05) is 0 Å². The summed E-state index contributed by atoms with van der Waals surface area (Å²) in [7, 11) is 0. The van der Waals surface area contributed by atoms with Crippen molar-refractivity contribution in [2.75, 3.05) is 11.5 Å². The molecule has 9 heteroatoms. The second-order valence-corrected chi connectivity index (χ2v) is 4.24. The summed E-state index contributed by atoms with van der Waals surface area (Å²) in [5.74, 6) is -0.217. The molecule has 1 aromatic heterocycles. The maximum absolute atomic E-state index is 11.6. The number of nitrogen functional groups attached to an aromatic ring is 2. The molecule has 2 rings (SSSR count). The number of benzene rings is 1. The molecule has 0 saturated heterocycles. The molecule has 0 bridgehead atoms. The van der Waals surface area contributed by atoms with E-state index in [2.05, 4.69) is 20.2 Å². The van der Waals surface area contributed by atoms with E-state index in [1.807, 2.05) is 0 Å². The number of aromatic amines is 1. The Hall–Kier alpha value is -2.12. The zero-order chi connectivity index (χ0) is 14.0. The molecule has 5 N–H and O–H groups in total. The van der Waals surface area contributed by atoms with Crippen LogP contribution in [0.2, 0.25) is 10.0 Å². The summed E-state index contributed by atoms with van der Waals surface area (Å²) in [6.45, 7) is 0. The maximum atomic E-state index is 11.6. The molecular weight excluding hydrogens is 291 g/mol. The van der Waals surface area contributed by atoms with E-state index in [-0.39, 0.29) is 22.5 Å². The van der Waals surface area contributed by atoms with Crippen LogP contribution in [0.25, 0.3) is 0 Å². The molecule has 0 aliphatic rings. The fourth-order valence-electron chi connectivity index (χ4n) is 1.27. The Bertz CT molecular complexity index is 712. The number of nitrogens with one attached hydrogen (secondary N) is 1. The van der Waals surface area contributed by atoms with E-state index in [0.717, 1.165) is 0 Å². The van der Waals surface area contributed by atoms with Gasteiger partial charge in [-0.15, -0.1) is 10.2 Å². The lowest BCUT2D eigenvalue weighted by molar-refractivity contribution is 1.10. The van der Waals surface area contributed by atoms with E-state index in [1.54, 1.807) is 18.2 Å². The number of nitrogens with zero attached hydrogens (tertiary/aromatic N) is 3. The lowest BCUT2D eigenvalue weighted by Gasteiger charge is -2.00. The first kappa shape index (κ1) is 13.3. The van der Waals surface area contributed by atoms with Gasteiger partial charge < -0.3 is 11.5 Å². The lowest BCUT2D eigenvalue weighted by Crippen LogP contribution is -2.12. The molecule has 1 aromatic carbocycles. The normalized spacial score (nSPS) is 11.1. The minimum atomic E-state index is -0.591. The standard InChI is InChI=1S/C10H8Cl2N6O/c11-4-2-1-3-5(6(4)12)17-18-7-8(13)15-10(14)16-9(7)19/h1-3H,(H5,13,14,15,16,19). The zero-order valence-corrected chi connectivity index (χ0v) is 10.9. The molecule has 0 radical (unpaired) electrons. The van der Waals surface area contributed by atoms with Crippen LogP contribution in [0.1, 0.15) is 0 Å². The molecule has 0 aliphatic heterocycles. The number of hydrogen-bond donors (Lipinski definition) is 3. The average molecular weight is 299 g/mol. The average Bonchev–Trinajstić information content (AvgIpc) is 2.33. The lowest BCUT2D eigenvalue weighted by atomic mass is 10.3. The van der Waals surface area contributed by atoms with E-state index in [1.165, 1.54) is 0 Å². The van der Waals surface area contributed by atoms with Gasteiger partial charge in [0.05, 0.1) is 10.0 Å². The molecule has 0 unspecified atom stereocenters. The molecule has 19 heavy (non-hydrogen) atoms. The topological polar surface area (TPSA) is 123 Å². The van der Waals surface area contributed by atoms with Gasteiger partial charge in [-0.25, -0.2) is 0 Å². The number of azo groups is 1. The number of halogens is 2. The monoisotopic (exact) mass is 298 g/mol. The quantitative estimate of drug-likeness (QED) is 0.737. The van der Waals surface area contributed by atoms with E-state index < -0.39 is 5.56 Å². The Balaban J connectivity index is 2.44. The molecule has 2 aromatic rings. The van der Waals surface area contributed by atoms with Crippen LogP contribution in [-0.2, 0) is 0 Å². The maximum Gasteiger partial charge on any atom is 0.282 e. The van der Waals surface area contributed by atoms with Crippen LogP contribution in [0.3, 0.4) is 0 Å². The van der Waals surface area contributed by atoms with Crippen LogP contribution in [0.15, 0.2) is 33.2 Å². The van der Waals surface area contributed by atoms with Gasteiger partial charge >= 0.3 is 0 Å². The summed E-state index contributed by atoms with van der Waals surface area (Å²) in [5.41, 5.74) is 10.4. The van der Waals surface area contributed by atoms with Crippen molar-refractivity contribution in [3.63, 3.8) is 0 Å². The summed E-state index contributed by atoms with van der Waals surface area (Å²) in [5, 5.41) is 8.09. The molecule has 7 nitrogen and oxygen atoms in total. The van der Waals surface area contributed by atoms with Crippen LogP contribution in [-0.4, -0.2) is 9.97 Å². The predicted molar refractivity (Wildman–Crippen MR) is 74.3 cm³/mol. The van der Waals surface area contributed by atoms with Gasteiger partial charge in [-0.2, -0.15) is 4.98 Å². The minimum Gasteiger partial charge on any atom is -0.382 e. The van der Waals surface area contributed by atoms with Crippen molar-refractivity contribution in [1.29, 1.82) is 0 Å². The third-order valence-corrected chi connectivity index (χ3v) is 2.94.